The number of halogens is 1. The van der Waals surface area contributed by atoms with E-state index >= 15 is 0 Å². The first-order valence-corrected chi connectivity index (χ1v) is 16.5. The van der Waals surface area contributed by atoms with Gasteiger partial charge in [-0.25, -0.2) is 0 Å². The van der Waals surface area contributed by atoms with Gasteiger partial charge in [-0.2, -0.15) is 11.3 Å². The summed E-state index contributed by atoms with van der Waals surface area (Å²) in [7, 11) is 1.54. The molecule has 4 aromatic rings. The Balaban J connectivity index is 1.03. The van der Waals surface area contributed by atoms with Gasteiger partial charge in [0.1, 0.15) is 5.75 Å². The second-order valence-electron chi connectivity index (χ2n) is 11.5. The first-order chi connectivity index (χ1) is 22.0. The molecule has 45 heavy (non-hydrogen) atoms. The first-order valence-electron chi connectivity index (χ1n) is 15.0. The largest absolute Gasteiger partial charge is 0.507 e. The number of hydrogen-bond acceptors (Lipinski definition) is 7. The third-order valence-corrected chi connectivity index (χ3v) is 9.89. The van der Waals surface area contributed by atoms with Crippen molar-refractivity contribution in [1.29, 1.82) is 0 Å². The molecule has 0 spiro atoms. The monoisotopic (exact) mass is 641 g/mol. The van der Waals surface area contributed by atoms with Crippen molar-refractivity contribution in [2.45, 2.75) is 31.2 Å². The van der Waals surface area contributed by atoms with Gasteiger partial charge in [0.25, 0.3) is 5.91 Å². The van der Waals surface area contributed by atoms with E-state index in [2.05, 4.69) is 22.9 Å². The number of methoxy groups -OCH3 is 1. The van der Waals surface area contributed by atoms with Gasteiger partial charge < -0.3 is 24.4 Å². The first kappa shape index (κ1) is 29.4. The summed E-state index contributed by atoms with van der Waals surface area (Å²) in [6.07, 6.45) is 5.39. The van der Waals surface area contributed by atoms with Crippen LogP contribution < -0.4 is 14.4 Å². The minimum absolute atomic E-state index is 0.0161. The van der Waals surface area contributed by atoms with E-state index in [1.54, 1.807) is 41.5 Å². The van der Waals surface area contributed by atoms with Crippen LogP contribution >= 0.6 is 22.9 Å². The van der Waals surface area contributed by atoms with Gasteiger partial charge in [-0.15, -0.1) is 11.6 Å². The van der Waals surface area contributed by atoms with Crippen molar-refractivity contribution in [2.24, 2.45) is 4.99 Å². The van der Waals surface area contributed by atoms with Crippen LogP contribution in [0.2, 0.25) is 0 Å². The molecule has 10 heteroatoms. The van der Waals surface area contributed by atoms with Crippen molar-refractivity contribution in [3.63, 3.8) is 0 Å². The number of phenols is 1. The van der Waals surface area contributed by atoms with Gasteiger partial charge in [0.15, 0.2) is 11.5 Å². The van der Waals surface area contributed by atoms with Crippen molar-refractivity contribution in [2.75, 3.05) is 37.6 Å². The van der Waals surface area contributed by atoms with E-state index in [4.69, 9.17) is 26.1 Å². The number of aromatic hydroxyl groups is 1. The summed E-state index contributed by atoms with van der Waals surface area (Å²) in [5.74, 6) is 1.26. The van der Waals surface area contributed by atoms with E-state index in [0.717, 1.165) is 16.3 Å². The number of amides is 2. The number of thiophene rings is 1. The van der Waals surface area contributed by atoms with Crippen LogP contribution in [0.3, 0.4) is 0 Å². The highest BCUT2D eigenvalue weighted by Gasteiger charge is 2.35. The van der Waals surface area contributed by atoms with E-state index in [1.807, 2.05) is 35.4 Å². The molecule has 2 amide bonds. The summed E-state index contributed by atoms with van der Waals surface area (Å²) < 4.78 is 11.7. The number of carbonyl (C=O) groups excluding carboxylic acids is 2. The third kappa shape index (κ3) is 5.34. The fraction of sp³-hybridized carbons (Fsp3) is 0.286. The molecule has 0 radical (unpaired) electrons. The maximum atomic E-state index is 13.6. The van der Waals surface area contributed by atoms with E-state index < -0.39 is 0 Å². The summed E-state index contributed by atoms with van der Waals surface area (Å²) in [5.41, 5.74) is 5.13. The lowest BCUT2D eigenvalue weighted by molar-refractivity contribution is -0.118. The summed E-state index contributed by atoms with van der Waals surface area (Å²) in [6.45, 7) is 1.25. The van der Waals surface area contributed by atoms with Crippen molar-refractivity contribution < 1.29 is 24.2 Å². The molecule has 7 rings (SSSR count). The molecule has 0 fully saturated rings. The van der Waals surface area contributed by atoms with Crippen LogP contribution in [0.5, 0.6) is 17.2 Å². The molecule has 230 valence electrons. The Morgan fingerprint density at radius 1 is 1.16 bits per heavy atom. The highest BCUT2D eigenvalue weighted by atomic mass is 35.5. The number of ether oxygens (including phenoxy) is 2. The predicted molar refractivity (Wildman–Crippen MR) is 179 cm³/mol. The van der Waals surface area contributed by atoms with Gasteiger partial charge in [-0.1, -0.05) is 30.3 Å². The molecule has 0 aliphatic carbocycles. The van der Waals surface area contributed by atoms with Gasteiger partial charge in [-0.3, -0.25) is 14.6 Å². The normalized spacial score (nSPS) is 18.7. The predicted octanol–water partition coefficient (Wildman–Crippen LogP) is 7.16. The van der Waals surface area contributed by atoms with Crippen LogP contribution in [-0.2, 0) is 4.79 Å². The number of aliphatic imine (C=N–C) groups is 1. The van der Waals surface area contributed by atoms with Crippen LogP contribution in [0.15, 0.2) is 70.4 Å². The Labute approximate surface area is 270 Å². The van der Waals surface area contributed by atoms with Gasteiger partial charge in [0, 0.05) is 55.0 Å². The lowest BCUT2D eigenvalue weighted by atomic mass is 9.95. The minimum atomic E-state index is -0.139. The molecule has 0 unspecified atom stereocenters. The summed E-state index contributed by atoms with van der Waals surface area (Å²) in [5, 5.41) is 16.5. The minimum Gasteiger partial charge on any atom is -0.507 e. The van der Waals surface area contributed by atoms with E-state index in [9.17, 15) is 14.7 Å². The van der Waals surface area contributed by atoms with Crippen LogP contribution in [0.25, 0.3) is 16.3 Å². The zero-order valence-corrected chi connectivity index (χ0v) is 26.3. The summed E-state index contributed by atoms with van der Waals surface area (Å²) >= 11 is 7.99. The Bertz CT molecular complexity index is 1850. The lowest BCUT2D eigenvalue weighted by Crippen LogP contribution is -2.43. The van der Waals surface area contributed by atoms with Crippen molar-refractivity contribution in [3.05, 3.63) is 82.1 Å². The number of carbonyl (C=O) groups is 2. The van der Waals surface area contributed by atoms with Crippen molar-refractivity contribution in [1.82, 2.24) is 4.90 Å². The lowest BCUT2D eigenvalue weighted by Gasteiger charge is -2.32. The second-order valence-corrected chi connectivity index (χ2v) is 12.5. The van der Waals surface area contributed by atoms with Crippen LogP contribution in [0.1, 0.15) is 46.7 Å². The standard InChI is InChI=1S/C35H32ClN3O5S/c1-43-31-14-27-28(37-18-24-13-21(22-9-12-45-20-22)8-10-38(24)35(27)42)15-32(31)44-11-4-7-33(41)39-19-23(17-36)34-26-6-3-2-5-25(26)30(40)16-29(34)39/h2-3,5-6,8-9,12,14-16,18,20,23-24,40H,4,7,10-11,13,17,19H2,1H3/t23-,24+/m1/s1. The number of phenolic OH excluding ortho intramolecular Hbond substituents is 1. The molecule has 3 aliphatic heterocycles. The quantitative estimate of drug-likeness (QED) is 0.163. The highest BCUT2D eigenvalue weighted by molar-refractivity contribution is 7.08. The Morgan fingerprint density at radius 2 is 2.00 bits per heavy atom. The third-order valence-electron chi connectivity index (χ3n) is 8.84. The fourth-order valence-electron chi connectivity index (χ4n) is 6.56. The number of alkyl halides is 1. The second kappa shape index (κ2) is 12.2. The molecule has 3 aliphatic rings. The van der Waals surface area contributed by atoms with Crippen LogP contribution in [0.4, 0.5) is 11.4 Å². The van der Waals surface area contributed by atoms with Crippen molar-refractivity contribution in [3.8, 4) is 17.2 Å². The van der Waals surface area contributed by atoms with E-state index in [-0.39, 0.29) is 42.6 Å². The zero-order valence-electron chi connectivity index (χ0n) is 24.7. The van der Waals surface area contributed by atoms with Gasteiger partial charge in [0.05, 0.1) is 36.7 Å². The molecule has 1 N–H and O–H groups in total. The molecular formula is C35H32ClN3O5S. The van der Waals surface area contributed by atoms with Crippen LogP contribution in [-0.4, -0.2) is 66.8 Å². The fourth-order valence-corrected chi connectivity index (χ4v) is 7.49. The smallest absolute Gasteiger partial charge is 0.257 e. The Hall–Kier alpha value is -4.34. The topological polar surface area (TPSA) is 91.7 Å². The van der Waals surface area contributed by atoms with Gasteiger partial charge in [0.2, 0.25) is 5.91 Å². The number of anilines is 1. The van der Waals surface area contributed by atoms with E-state index in [1.165, 1.54) is 11.1 Å². The summed E-state index contributed by atoms with van der Waals surface area (Å²) in [4.78, 5) is 35.3. The molecule has 1 aromatic heterocycles. The van der Waals surface area contributed by atoms with Gasteiger partial charge in [-0.05, 0) is 57.8 Å². The molecule has 4 heterocycles. The Kier molecular flexibility index (Phi) is 7.97. The number of fused-ring (bicyclic) bond motifs is 5. The molecule has 2 atom stereocenters. The number of nitrogens with zero attached hydrogens (tertiary/aromatic N) is 3. The maximum absolute atomic E-state index is 13.6. The van der Waals surface area contributed by atoms with Crippen molar-refractivity contribution >= 4 is 68.7 Å². The molecular weight excluding hydrogens is 610 g/mol. The average Bonchev–Trinajstić information content (AvgIpc) is 3.71. The molecule has 8 nitrogen and oxygen atoms in total. The average molecular weight is 642 g/mol. The SMILES string of the molecule is COc1cc2c(cc1OCCCC(=O)N1C[C@@H](CCl)c3c1cc(O)c1ccccc31)N=C[C@@H]1CC(c3ccsc3)=CCN1C2=O. The van der Waals surface area contributed by atoms with Gasteiger partial charge >= 0.3 is 0 Å². The number of benzene rings is 3. The number of hydrogen-bond donors (Lipinski definition) is 1. The maximum Gasteiger partial charge on any atom is 0.257 e. The zero-order chi connectivity index (χ0) is 31.1. The summed E-state index contributed by atoms with van der Waals surface area (Å²) in [6, 6.07) is 14.7. The molecule has 0 saturated carbocycles. The van der Waals surface area contributed by atoms with E-state index in [0.29, 0.717) is 60.2 Å². The highest BCUT2D eigenvalue weighted by Crippen LogP contribution is 2.45. The molecule has 0 saturated heterocycles. The number of rotatable bonds is 8. The molecule has 0 bridgehead atoms. The van der Waals surface area contributed by atoms with Crippen LogP contribution in [0, 0.1) is 0 Å². The Morgan fingerprint density at radius 3 is 2.78 bits per heavy atom. The molecule has 3 aromatic carbocycles.